The standard InChI is InChI=1S/C12H25NO/c1-9(2)7-11(8-13)12(14)10-5-3-4-6-10/h9-12,14H,3-8,13H2,1-2H3. The summed E-state index contributed by atoms with van der Waals surface area (Å²) in [6.07, 6.45) is 5.91. The Kier molecular flexibility index (Phi) is 4.90. The van der Waals surface area contributed by atoms with Crippen molar-refractivity contribution in [1.29, 1.82) is 0 Å². The molecule has 2 atom stereocenters. The minimum absolute atomic E-state index is 0.148. The molecule has 1 aliphatic rings. The Morgan fingerprint density at radius 3 is 2.29 bits per heavy atom. The molecule has 0 aromatic carbocycles. The van der Waals surface area contributed by atoms with Gasteiger partial charge in [0.1, 0.15) is 0 Å². The van der Waals surface area contributed by atoms with Gasteiger partial charge in [-0.05, 0) is 43.6 Å². The van der Waals surface area contributed by atoms with Crippen molar-refractivity contribution in [3.8, 4) is 0 Å². The van der Waals surface area contributed by atoms with Crippen LogP contribution >= 0.6 is 0 Å². The van der Waals surface area contributed by atoms with Crippen LogP contribution in [-0.2, 0) is 0 Å². The number of hydrogen-bond donors (Lipinski definition) is 2. The summed E-state index contributed by atoms with van der Waals surface area (Å²) in [4.78, 5) is 0. The summed E-state index contributed by atoms with van der Waals surface area (Å²) < 4.78 is 0. The van der Waals surface area contributed by atoms with Crippen LogP contribution < -0.4 is 5.73 Å². The van der Waals surface area contributed by atoms with Crippen LogP contribution in [0.5, 0.6) is 0 Å². The van der Waals surface area contributed by atoms with Gasteiger partial charge < -0.3 is 10.8 Å². The number of aliphatic hydroxyl groups excluding tert-OH is 1. The summed E-state index contributed by atoms with van der Waals surface area (Å²) >= 11 is 0. The Morgan fingerprint density at radius 1 is 1.29 bits per heavy atom. The second kappa shape index (κ2) is 5.72. The predicted octanol–water partition coefficient (Wildman–Crippen LogP) is 2.16. The van der Waals surface area contributed by atoms with Gasteiger partial charge in [0.25, 0.3) is 0 Å². The number of rotatable bonds is 5. The van der Waals surface area contributed by atoms with Gasteiger partial charge in [0.15, 0.2) is 0 Å². The summed E-state index contributed by atoms with van der Waals surface area (Å²) in [7, 11) is 0. The lowest BCUT2D eigenvalue weighted by atomic mass is 9.84. The van der Waals surface area contributed by atoms with E-state index in [1.54, 1.807) is 0 Å². The van der Waals surface area contributed by atoms with E-state index in [4.69, 9.17) is 5.73 Å². The quantitative estimate of drug-likeness (QED) is 0.712. The Balaban J connectivity index is 2.41. The second-order valence-corrected chi connectivity index (χ2v) is 5.16. The second-order valence-electron chi connectivity index (χ2n) is 5.16. The fourth-order valence-electron chi connectivity index (χ4n) is 2.66. The number of nitrogens with two attached hydrogens (primary N) is 1. The lowest BCUT2D eigenvalue weighted by Crippen LogP contribution is -2.34. The van der Waals surface area contributed by atoms with E-state index in [2.05, 4.69) is 13.8 Å². The van der Waals surface area contributed by atoms with Crippen LogP contribution in [0.1, 0.15) is 46.0 Å². The smallest absolute Gasteiger partial charge is 0.0608 e. The first kappa shape index (κ1) is 12.0. The molecule has 0 radical (unpaired) electrons. The summed E-state index contributed by atoms with van der Waals surface area (Å²) in [5, 5.41) is 10.2. The molecule has 1 rings (SSSR count). The Labute approximate surface area is 87.9 Å². The van der Waals surface area contributed by atoms with Crippen molar-refractivity contribution in [2.24, 2.45) is 23.5 Å². The Bertz CT molecular complexity index is 152. The molecule has 0 aromatic rings. The first-order chi connectivity index (χ1) is 6.65. The molecule has 84 valence electrons. The molecule has 0 saturated heterocycles. The summed E-state index contributed by atoms with van der Waals surface area (Å²) in [6, 6.07) is 0. The molecule has 1 saturated carbocycles. The van der Waals surface area contributed by atoms with Crippen molar-refractivity contribution in [2.45, 2.75) is 52.1 Å². The van der Waals surface area contributed by atoms with Crippen LogP contribution in [0.15, 0.2) is 0 Å². The fourth-order valence-corrected chi connectivity index (χ4v) is 2.66. The molecule has 0 amide bonds. The third kappa shape index (κ3) is 3.25. The molecule has 0 heterocycles. The molecule has 3 N–H and O–H groups in total. The molecule has 2 nitrogen and oxygen atoms in total. The molecular weight excluding hydrogens is 174 g/mol. The van der Waals surface area contributed by atoms with E-state index in [0.717, 1.165) is 6.42 Å². The fraction of sp³-hybridized carbons (Fsp3) is 1.00. The van der Waals surface area contributed by atoms with E-state index in [1.807, 2.05) is 0 Å². The monoisotopic (exact) mass is 199 g/mol. The lowest BCUT2D eigenvalue weighted by Gasteiger charge is -2.27. The zero-order valence-corrected chi connectivity index (χ0v) is 9.58. The molecule has 1 fully saturated rings. The summed E-state index contributed by atoms with van der Waals surface area (Å²) in [6.45, 7) is 5.03. The molecule has 2 heteroatoms. The van der Waals surface area contributed by atoms with Crippen molar-refractivity contribution in [2.75, 3.05) is 6.54 Å². The van der Waals surface area contributed by atoms with Gasteiger partial charge in [0, 0.05) is 0 Å². The van der Waals surface area contributed by atoms with E-state index < -0.39 is 0 Å². The van der Waals surface area contributed by atoms with Gasteiger partial charge in [0.2, 0.25) is 0 Å². The molecule has 14 heavy (non-hydrogen) atoms. The highest BCUT2D eigenvalue weighted by Gasteiger charge is 2.29. The van der Waals surface area contributed by atoms with Gasteiger partial charge in [0.05, 0.1) is 6.10 Å². The van der Waals surface area contributed by atoms with E-state index >= 15 is 0 Å². The van der Waals surface area contributed by atoms with E-state index in [1.165, 1.54) is 25.7 Å². The maximum absolute atomic E-state index is 10.2. The van der Waals surface area contributed by atoms with Crippen molar-refractivity contribution in [3.63, 3.8) is 0 Å². The molecular formula is C12H25NO. The minimum atomic E-state index is -0.148. The average molecular weight is 199 g/mol. The Hall–Kier alpha value is -0.0800. The van der Waals surface area contributed by atoms with Crippen molar-refractivity contribution < 1.29 is 5.11 Å². The predicted molar refractivity (Wildman–Crippen MR) is 60.0 cm³/mol. The zero-order chi connectivity index (χ0) is 10.6. The molecule has 1 aliphatic carbocycles. The lowest BCUT2D eigenvalue weighted by molar-refractivity contribution is 0.0468. The minimum Gasteiger partial charge on any atom is -0.393 e. The first-order valence-electron chi connectivity index (χ1n) is 6.03. The largest absolute Gasteiger partial charge is 0.393 e. The van der Waals surface area contributed by atoms with Gasteiger partial charge in [-0.1, -0.05) is 26.7 Å². The van der Waals surface area contributed by atoms with Crippen LogP contribution in [0.4, 0.5) is 0 Å². The molecule has 0 aliphatic heterocycles. The van der Waals surface area contributed by atoms with Gasteiger partial charge in [-0.2, -0.15) is 0 Å². The van der Waals surface area contributed by atoms with Crippen LogP contribution in [0.25, 0.3) is 0 Å². The van der Waals surface area contributed by atoms with Crippen LogP contribution in [0.2, 0.25) is 0 Å². The van der Waals surface area contributed by atoms with E-state index in [0.29, 0.717) is 24.3 Å². The maximum atomic E-state index is 10.2. The Morgan fingerprint density at radius 2 is 1.86 bits per heavy atom. The third-order valence-electron chi connectivity index (χ3n) is 3.44. The summed E-state index contributed by atoms with van der Waals surface area (Å²) in [5.41, 5.74) is 5.73. The maximum Gasteiger partial charge on any atom is 0.0608 e. The molecule has 2 unspecified atom stereocenters. The zero-order valence-electron chi connectivity index (χ0n) is 9.58. The van der Waals surface area contributed by atoms with E-state index in [9.17, 15) is 5.11 Å². The van der Waals surface area contributed by atoms with Crippen LogP contribution in [0, 0.1) is 17.8 Å². The van der Waals surface area contributed by atoms with Crippen LogP contribution in [-0.4, -0.2) is 17.8 Å². The van der Waals surface area contributed by atoms with Crippen molar-refractivity contribution in [1.82, 2.24) is 0 Å². The highest BCUT2D eigenvalue weighted by Crippen LogP contribution is 2.32. The highest BCUT2D eigenvalue weighted by atomic mass is 16.3. The van der Waals surface area contributed by atoms with Crippen LogP contribution in [0.3, 0.4) is 0 Å². The van der Waals surface area contributed by atoms with E-state index in [-0.39, 0.29) is 6.10 Å². The van der Waals surface area contributed by atoms with Crippen molar-refractivity contribution in [3.05, 3.63) is 0 Å². The third-order valence-corrected chi connectivity index (χ3v) is 3.44. The number of hydrogen-bond acceptors (Lipinski definition) is 2. The molecule has 0 bridgehead atoms. The average Bonchev–Trinajstić information content (AvgIpc) is 2.65. The van der Waals surface area contributed by atoms with Crippen molar-refractivity contribution >= 4 is 0 Å². The van der Waals surface area contributed by atoms with Gasteiger partial charge in [-0.15, -0.1) is 0 Å². The SMILES string of the molecule is CC(C)CC(CN)C(O)C1CCCC1. The number of aliphatic hydroxyl groups is 1. The summed E-state index contributed by atoms with van der Waals surface area (Å²) in [5.74, 6) is 1.49. The van der Waals surface area contributed by atoms with Gasteiger partial charge >= 0.3 is 0 Å². The first-order valence-corrected chi connectivity index (χ1v) is 6.03. The normalized spacial score (nSPS) is 22.9. The topological polar surface area (TPSA) is 46.2 Å². The van der Waals surface area contributed by atoms with Gasteiger partial charge in [-0.3, -0.25) is 0 Å². The van der Waals surface area contributed by atoms with Gasteiger partial charge in [-0.25, -0.2) is 0 Å². The highest BCUT2D eigenvalue weighted by molar-refractivity contribution is 4.81. The molecule has 0 aromatic heterocycles. The molecule has 0 spiro atoms.